The number of halogens is 1. The fourth-order valence-corrected chi connectivity index (χ4v) is 4.20. The molecule has 0 spiro atoms. The first-order valence-electron chi connectivity index (χ1n) is 7.80. The molecule has 0 saturated heterocycles. The van der Waals surface area contributed by atoms with Gasteiger partial charge in [0.05, 0.1) is 28.2 Å². The zero-order valence-electron chi connectivity index (χ0n) is 13.8. The van der Waals surface area contributed by atoms with Gasteiger partial charge >= 0.3 is 5.97 Å². The minimum Gasteiger partial charge on any atom is -0.478 e. The second-order valence-electron chi connectivity index (χ2n) is 5.54. The van der Waals surface area contributed by atoms with Crippen LogP contribution in [0.25, 0.3) is 11.0 Å². The minimum atomic E-state index is -4.01. The Morgan fingerprint density at radius 1 is 1.27 bits per heavy atom. The third-order valence-corrected chi connectivity index (χ3v) is 5.82. The van der Waals surface area contributed by atoms with E-state index in [0.29, 0.717) is 12.4 Å². The number of sulfonamides is 1. The van der Waals surface area contributed by atoms with Gasteiger partial charge in [0.1, 0.15) is 10.7 Å². The van der Waals surface area contributed by atoms with E-state index in [9.17, 15) is 13.2 Å². The molecule has 2 N–H and O–H groups in total. The molecule has 3 rings (SSSR count). The molecule has 0 saturated carbocycles. The maximum absolute atomic E-state index is 12.6. The van der Waals surface area contributed by atoms with Gasteiger partial charge in [-0.1, -0.05) is 23.7 Å². The first-order chi connectivity index (χ1) is 12.3. The Labute approximate surface area is 155 Å². The van der Waals surface area contributed by atoms with Crippen molar-refractivity contribution in [3.63, 3.8) is 0 Å². The molecular weight excluding hydrogens is 378 g/mol. The summed E-state index contributed by atoms with van der Waals surface area (Å²) < 4.78 is 29.5. The number of carbonyl (C=O) groups is 1. The van der Waals surface area contributed by atoms with Crippen molar-refractivity contribution in [3.05, 3.63) is 58.9 Å². The number of rotatable bonds is 6. The Kier molecular flexibility index (Phi) is 4.99. The fraction of sp³-hybridized carbons (Fsp3) is 0.176. The minimum absolute atomic E-state index is 0.0432. The lowest BCUT2D eigenvalue weighted by molar-refractivity contribution is 0.0696. The number of carboxylic acid groups (broad SMARTS) is 1. The van der Waals surface area contributed by atoms with Crippen LogP contribution in [0, 0.1) is 0 Å². The number of aromatic carboxylic acids is 1. The SMILES string of the molecule is CCn1c(CNS(=O)(=O)c2cc(C(=O)O)ccc2Cl)nc2ccccc21. The van der Waals surface area contributed by atoms with Crippen molar-refractivity contribution < 1.29 is 18.3 Å². The standard InChI is InChI=1S/C17H16ClN3O4S/c1-2-21-14-6-4-3-5-13(14)20-16(21)10-19-26(24,25)15-9-11(17(22)23)7-8-12(15)18/h3-9,19H,2,10H2,1H3,(H,22,23). The van der Waals surface area contributed by atoms with Crippen molar-refractivity contribution in [1.29, 1.82) is 0 Å². The van der Waals surface area contributed by atoms with Gasteiger partial charge in [-0.15, -0.1) is 0 Å². The molecule has 0 radical (unpaired) electrons. The number of fused-ring (bicyclic) bond motifs is 1. The average Bonchev–Trinajstić information content (AvgIpc) is 2.97. The number of hydrogen-bond donors (Lipinski definition) is 2. The molecule has 3 aromatic rings. The number of nitrogens with one attached hydrogen (secondary N) is 1. The number of carboxylic acids is 1. The zero-order chi connectivity index (χ0) is 18.9. The van der Waals surface area contributed by atoms with E-state index >= 15 is 0 Å². The Hall–Kier alpha value is -2.42. The summed E-state index contributed by atoms with van der Waals surface area (Å²) in [5.74, 6) is -0.673. The zero-order valence-corrected chi connectivity index (χ0v) is 15.4. The van der Waals surface area contributed by atoms with Crippen LogP contribution in [0.5, 0.6) is 0 Å². The van der Waals surface area contributed by atoms with Crippen molar-refractivity contribution in [1.82, 2.24) is 14.3 Å². The van der Waals surface area contributed by atoms with Crippen LogP contribution in [0.3, 0.4) is 0 Å². The highest BCUT2D eigenvalue weighted by atomic mass is 35.5. The second kappa shape index (κ2) is 7.06. The van der Waals surface area contributed by atoms with E-state index < -0.39 is 16.0 Å². The summed E-state index contributed by atoms with van der Waals surface area (Å²) in [7, 11) is -4.01. The van der Waals surface area contributed by atoms with Crippen molar-refractivity contribution >= 4 is 38.6 Å². The average molecular weight is 394 g/mol. The van der Waals surface area contributed by atoms with Crippen molar-refractivity contribution in [2.75, 3.05) is 0 Å². The van der Waals surface area contributed by atoms with Crippen LogP contribution < -0.4 is 4.72 Å². The maximum Gasteiger partial charge on any atom is 0.335 e. The van der Waals surface area contributed by atoms with Gasteiger partial charge in [0, 0.05) is 6.54 Å². The summed E-state index contributed by atoms with van der Waals surface area (Å²) in [6.45, 7) is 2.53. The number of hydrogen-bond acceptors (Lipinski definition) is 4. The van der Waals surface area contributed by atoms with Crippen LogP contribution >= 0.6 is 11.6 Å². The molecule has 0 aliphatic carbocycles. The molecule has 9 heteroatoms. The van der Waals surface area contributed by atoms with Gasteiger partial charge in [-0.05, 0) is 37.3 Å². The Morgan fingerprint density at radius 2 is 2.00 bits per heavy atom. The molecule has 1 heterocycles. The van der Waals surface area contributed by atoms with Gasteiger partial charge in [0.2, 0.25) is 10.0 Å². The number of nitrogens with zero attached hydrogens (tertiary/aromatic N) is 2. The lowest BCUT2D eigenvalue weighted by Crippen LogP contribution is -2.25. The lowest BCUT2D eigenvalue weighted by Gasteiger charge is -2.10. The monoisotopic (exact) mass is 393 g/mol. The van der Waals surface area contributed by atoms with Gasteiger partial charge in [-0.3, -0.25) is 0 Å². The highest BCUT2D eigenvalue weighted by Gasteiger charge is 2.21. The van der Waals surface area contributed by atoms with Crippen LogP contribution in [-0.4, -0.2) is 29.0 Å². The van der Waals surface area contributed by atoms with Gasteiger partial charge < -0.3 is 9.67 Å². The predicted octanol–water partition coefficient (Wildman–Crippen LogP) is 2.89. The van der Waals surface area contributed by atoms with E-state index in [0.717, 1.165) is 17.1 Å². The molecule has 7 nitrogen and oxygen atoms in total. The van der Waals surface area contributed by atoms with E-state index in [1.807, 2.05) is 35.8 Å². The van der Waals surface area contributed by atoms with Crippen molar-refractivity contribution in [3.8, 4) is 0 Å². The highest BCUT2D eigenvalue weighted by molar-refractivity contribution is 7.89. The summed E-state index contributed by atoms with van der Waals surface area (Å²) in [6.07, 6.45) is 0. The largest absolute Gasteiger partial charge is 0.478 e. The van der Waals surface area contributed by atoms with Crippen LogP contribution in [0.15, 0.2) is 47.4 Å². The molecule has 0 fully saturated rings. The number of benzene rings is 2. The number of aryl methyl sites for hydroxylation is 1. The Bertz CT molecular complexity index is 1090. The topological polar surface area (TPSA) is 101 Å². The molecule has 26 heavy (non-hydrogen) atoms. The van der Waals surface area contributed by atoms with Crippen LogP contribution in [-0.2, 0) is 23.1 Å². The lowest BCUT2D eigenvalue weighted by atomic mass is 10.2. The molecule has 0 aliphatic heterocycles. The molecule has 0 unspecified atom stereocenters. The quantitative estimate of drug-likeness (QED) is 0.670. The summed E-state index contributed by atoms with van der Waals surface area (Å²) in [5.41, 5.74) is 1.53. The molecular formula is C17H16ClN3O4S. The summed E-state index contributed by atoms with van der Waals surface area (Å²) in [4.78, 5) is 15.3. The normalized spacial score (nSPS) is 11.8. The maximum atomic E-state index is 12.6. The highest BCUT2D eigenvalue weighted by Crippen LogP contribution is 2.23. The van der Waals surface area contributed by atoms with Gasteiger partial charge in [0.15, 0.2) is 0 Å². The number of imidazole rings is 1. The van der Waals surface area contributed by atoms with E-state index in [4.69, 9.17) is 16.7 Å². The van der Waals surface area contributed by atoms with Gasteiger partial charge in [0.25, 0.3) is 0 Å². The molecule has 2 aromatic carbocycles. The smallest absolute Gasteiger partial charge is 0.335 e. The van der Waals surface area contributed by atoms with Crippen molar-refractivity contribution in [2.24, 2.45) is 0 Å². The molecule has 136 valence electrons. The first-order valence-corrected chi connectivity index (χ1v) is 9.66. The fourth-order valence-electron chi connectivity index (χ4n) is 2.69. The third kappa shape index (κ3) is 3.44. The van der Waals surface area contributed by atoms with Crippen LogP contribution in [0.4, 0.5) is 0 Å². The number of aromatic nitrogens is 2. The van der Waals surface area contributed by atoms with E-state index in [1.165, 1.54) is 12.1 Å². The van der Waals surface area contributed by atoms with E-state index in [1.54, 1.807) is 0 Å². The second-order valence-corrected chi connectivity index (χ2v) is 7.68. The van der Waals surface area contributed by atoms with Crippen LogP contribution in [0.2, 0.25) is 5.02 Å². The Morgan fingerprint density at radius 3 is 2.69 bits per heavy atom. The van der Waals surface area contributed by atoms with Crippen molar-refractivity contribution in [2.45, 2.75) is 24.9 Å². The molecule has 0 aliphatic rings. The van der Waals surface area contributed by atoms with Gasteiger partial charge in [-0.25, -0.2) is 22.9 Å². The molecule has 0 atom stereocenters. The number of para-hydroxylation sites is 2. The van der Waals surface area contributed by atoms with E-state index in [2.05, 4.69) is 9.71 Å². The Balaban J connectivity index is 1.92. The summed E-state index contributed by atoms with van der Waals surface area (Å²) >= 11 is 5.96. The van der Waals surface area contributed by atoms with E-state index in [-0.39, 0.29) is 22.0 Å². The van der Waals surface area contributed by atoms with Gasteiger partial charge in [-0.2, -0.15) is 0 Å². The summed E-state index contributed by atoms with van der Waals surface area (Å²) in [5, 5.41) is 9.00. The molecule has 0 bridgehead atoms. The van der Waals surface area contributed by atoms with Crippen LogP contribution in [0.1, 0.15) is 23.1 Å². The molecule has 0 amide bonds. The summed E-state index contributed by atoms with van der Waals surface area (Å²) in [6, 6.07) is 11.1. The predicted molar refractivity (Wildman–Crippen MR) is 97.8 cm³/mol. The first kappa shape index (κ1) is 18.4. The third-order valence-electron chi connectivity index (χ3n) is 3.94. The molecule has 1 aromatic heterocycles.